The lowest BCUT2D eigenvalue weighted by Gasteiger charge is -2.02. The molecule has 0 aliphatic rings. The molecule has 0 N–H and O–H groups in total. The zero-order chi connectivity index (χ0) is 8.85. The molecule has 0 rings (SSSR count). The molecular formula is C9H17NO. The number of hydrogen-bond donors (Lipinski definition) is 0. The van der Waals surface area contributed by atoms with E-state index in [1.165, 1.54) is 5.57 Å². The molecule has 64 valence electrons. The Morgan fingerprint density at radius 1 is 1.18 bits per heavy atom. The van der Waals surface area contributed by atoms with Gasteiger partial charge in [0, 0.05) is 0 Å². The average molecular weight is 155 g/mol. The van der Waals surface area contributed by atoms with Crippen LogP contribution in [0.25, 0.3) is 0 Å². The van der Waals surface area contributed by atoms with Crippen LogP contribution in [0.4, 0.5) is 0 Å². The normalized spacial score (nSPS) is 12.1. The summed E-state index contributed by atoms with van der Waals surface area (Å²) in [5, 5.41) is 3.85. The van der Waals surface area contributed by atoms with Crippen molar-refractivity contribution in [3.8, 4) is 0 Å². The molecular weight excluding hydrogens is 138 g/mol. The van der Waals surface area contributed by atoms with Gasteiger partial charge < -0.3 is 4.84 Å². The molecule has 0 aliphatic carbocycles. The maximum Gasteiger partial charge on any atom is 0.130 e. The predicted molar refractivity (Wildman–Crippen MR) is 48.5 cm³/mol. The molecule has 11 heavy (non-hydrogen) atoms. The Bertz CT molecular complexity index is 176. The Balaban J connectivity index is 4.06. The van der Waals surface area contributed by atoms with Crippen LogP contribution < -0.4 is 0 Å². The van der Waals surface area contributed by atoms with Crippen LogP contribution in [0.15, 0.2) is 16.5 Å². The SMILES string of the molecule is CCC(C)=C(C)ON=C(C)C. The van der Waals surface area contributed by atoms with E-state index in [4.69, 9.17) is 4.84 Å². The third-order valence-electron chi connectivity index (χ3n) is 1.50. The number of hydrogen-bond acceptors (Lipinski definition) is 2. The molecule has 2 heteroatoms. The lowest BCUT2D eigenvalue weighted by Crippen LogP contribution is -1.88. The minimum absolute atomic E-state index is 0.911. The summed E-state index contributed by atoms with van der Waals surface area (Å²) in [6.07, 6.45) is 1.02. The van der Waals surface area contributed by atoms with Crippen molar-refractivity contribution in [2.75, 3.05) is 0 Å². The Kier molecular flexibility index (Phi) is 4.59. The molecule has 0 unspecified atom stereocenters. The van der Waals surface area contributed by atoms with E-state index in [0.717, 1.165) is 17.9 Å². The van der Waals surface area contributed by atoms with Gasteiger partial charge in [-0.15, -0.1) is 0 Å². The topological polar surface area (TPSA) is 21.6 Å². The summed E-state index contributed by atoms with van der Waals surface area (Å²) in [7, 11) is 0. The first kappa shape index (κ1) is 10.2. The molecule has 0 aliphatic heterocycles. The van der Waals surface area contributed by atoms with E-state index in [9.17, 15) is 0 Å². The third-order valence-corrected chi connectivity index (χ3v) is 1.50. The van der Waals surface area contributed by atoms with Crippen LogP contribution >= 0.6 is 0 Å². The minimum atomic E-state index is 0.911. The Morgan fingerprint density at radius 3 is 2.09 bits per heavy atom. The van der Waals surface area contributed by atoms with E-state index in [1.54, 1.807) is 0 Å². The summed E-state index contributed by atoms with van der Waals surface area (Å²) < 4.78 is 0. The van der Waals surface area contributed by atoms with Gasteiger partial charge >= 0.3 is 0 Å². The van der Waals surface area contributed by atoms with Crippen molar-refractivity contribution in [1.82, 2.24) is 0 Å². The molecule has 2 nitrogen and oxygen atoms in total. The van der Waals surface area contributed by atoms with E-state index in [2.05, 4.69) is 19.0 Å². The highest BCUT2D eigenvalue weighted by Gasteiger charge is 1.93. The fourth-order valence-corrected chi connectivity index (χ4v) is 0.487. The zero-order valence-electron chi connectivity index (χ0n) is 8.06. The fraction of sp³-hybridized carbons (Fsp3) is 0.667. The van der Waals surface area contributed by atoms with Crippen molar-refractivity contribution in [2.24, 2.45) is 5.16 Å². The van der Waals surface area contributed by atoms with Crippen molar-refractivity contribution >= 4 is 5.71 Å². The molecule has 0 saturated carbocycles. The quantitative estimate of drug-likeness (QED) is 0.348. The number of rotatable bonds is 3. The molecule has 0 aromatic rings. The summed E-state index contributed by atoms with van der Waals surface area (Å²) in [5.74, 6) is 0.911. The number of nitrogens with zero attached hydrogens (tertiary/aromatic N) is 1. The van der Waals surface area contributed by atoms with Gasteiger partial charge in [0.2, 0.25) is 0 Å². The minimum Gasteiger partial charge on any atom is -0.362 e. The van der Waals surface area contributed by atoms with Crippen LogP contribution in [0, 0.1) is 0 Å². The lowest BCUT2D eigenvalue weighted by molar-refractivity contribution is 0.224. The van der Waals surface area contributed by atoms with Gasteiger partial charge in [0.1, 0.15) is 5.76 Å². The summed E-state index contributed by atoms with van der Waals surface area (Å²) in [6.45, 7) is 9.91. The molecule has 0 spiro atoms. The van der Waals surface area contributed by atoms with Gasteiger partial charge in [-0.1, -0.05) is 12.1 Å². The highest BCUT2D eigenvalue weighted by molar-refractivity contribution is 5.78. The second-order valence-electron chi connectivity index (χ2n) is 2.82. The van der Waals surface area contributed by atoms with Crippen LogP contribution in [-0.4, -0.2) is 5.71 Å². The monoisotopic (exact) mass is 155 g/mol. The van der Waals surface area contributed by atoms with Crippen LogP contribution in [-0.2, 0) is 4.84 Å². The first-order valence-corrected chi connectivity index (χ1v) is 3.92. The van der Waals surface area contributed by atoms with E-state index in [1.807, 2.05) is 20.8 Å². The van der Waals surface area contributed by atoms with Crippen LogP contribution in [0.1, 0.15) is 41.0 Å². The first-order valence-electron chi connectivity index (χ1n) is 3.92. The van der Waals surface area contributed by atoms with E-state index < -0.39 is 0 Å². The highest BCUT2D eigenvalue weighted by Crippen LogP contribution is 2.08. The van der Waals surface area contributed by atoms with Crippen molar-refractivity contribution in [3.05, 3.63) is 11.3 Å². The average Bonchev–Trinajstić information content (AvgIpc) is 1.98. The first-order chi connectivity index (χ1) is 5.07. The Hall–Kier alpha value is -0.790. The fourth-order valence-electron chi connectivity index (χ4n) is 0.487. The van der Waals surface area contributed by atoms with Crippen LogP contribution in [0.2, 0.25) is 0 Å². The summed E-state index contributed by atoms with van der Waals surface area (Å²) in [4.78, 5) is 5.12. The smallest absolute Gasteiger partial charge is 0.130 e. The zero-order valence-corrected chi connectivity index (χ0v) is 8.06. The molecule has 0 atom stereocenters. The van der Waals surface area contributed by atoms with E-state index >= 15 is 0 Å². The summed E-state index contributed by atoms with van der Waals surface area (Å²) in [6, 6.07) is 0. The molecule has 0 fully saturated rings. The van der Waals surface area contributed by atoms with Gasteiger partial charge in [0.15, 0.2) is 0 Å². The second-order valence-corrected chi connectivity index (χ2v) is 2.82. The standard InChI is InChI=1S/C9H17NO/c1-6-8(4)9(5)11-10-7(2)3/h6H2,1-5H3. The predicted octanol–water partition coefficient (Wildman–Crippen LogP) is 3.10. The molecule has 0 aromatic heterocycles. The molecule has 0 aromatic carbocycles. The van der Waals surface area contributed by atoms with Gasteiger partial charge in [-0.2, -0.15) is 0 Å². The largest absolute Gasteiger partial charge is 0.362 e. The maximum atomic E-state index is 5.12. The molecule has 0 bridgehead atoms. The van der Waals surface area contributed by atoms with Crippen molar-refractivity contribution < 1.29 is 4.84 Å². The molecule has 0 heterocycles. The summed E-state index contributed by atoms with van der Waals surface area (Å²) >= 11 is 0. The van der Waals surface area contributed by atoms with Crippen LogP contribution in [0.5, 0.6) is 0 Å². The van der Waals surface area contributed by atoms with Crippen molar-refractivity contribution in [2.45, 2.75) is 41.0 Å². The van der Waals surface area contributed by atoms with Gasteiger partial charge in [0.25, 0.3) is 0 Å². The number of allylic oxidation sites excluding steroid dienone is 2. The van der Waals surface area contributed by atoms with Crippen molar-refractivity contribution in [1.29, 1.82) is 0 Å². The van der Waals surface area contributed by atoms with Gasteiger partial charge in [-0.25, -0.2) is 0 Å². The van der Waals surface area contributed by atoms with Crippen LogP contribution in [0.3, 0.4) is 0 Å². The lowest BCUT2D eigenvalue weighted by atomic mass is 10.2. The third kappa shape index (κ3) is 4.59. The Labute approximate surface area is 68.9 Å². The highest BCUT2D eigenvalue weighted by atomic mass is 16.6. The van der Waals surface area contributed by atoms with Crippen molar-refractivity contribution in [3.63, 3.8) is 0 Å². The van der Waals surface area contributed by atoms with E-state index in [-0.39, 0.29) is 0 Å². The second kappa shape index (κ2) is 4.94. The Morgan fingerprint density at radius 2 is 1.73 bits per heavy atom. The maximum absolute atomic E-state index is 5.12. The van der Waals surface area contributed by atoms with Gasteiger partial charge in [-0.05, 0) is 39.7 Å². The van der Waals surface area contributed by atoms with Gasteiger partial charge in [-0.3, -0.25) is 0 Å². The molecule has 0 amide bonds. The van der Waals surface area contributed by atoms with E-state index in [0.29, 0.717) is 0 Å². The summed E-state index contributed by atoms with van der Waals surface area (Å²) in [5.41, 5.74) is 2.18. The molecule has 0 saturated heterocycles. The number of oxime groups is 1. The molecule has 0 radical (unpaired) electrons. The van der Waals surface area contributed by atoms with Gasteiger partial charge in [0.05, 0.1) is 5.71 Å².